The van der Waals surface area contributed by atoms with Crippen LogP contribution in [0.2, 0.25) is 0 Å². The molecule has 5 rings (SSSR count). The number of H-pyrrole nitrogens is 1. The molecular weight excluding hydrogens is 485 g/mol. The number of benzene rings is 1. The number of halogens is 3. The van der Waals surface area contributed by atoms with Gasteiger partial charge < -0.3 is 20.9 Å². The molecule has 2 unspecified atom stereocenters. The highest BCUT2D eigenvalue weighted by molar-refractivity contribution is 5.93. The van der Waals surface area contributed by atoms with Gasteiger partial charge in [-0.2, -0.15) is 13.2 Å². The van der Waals surface area contributed by atoms with Gasteiger partial charge in [0.25, 0.3) is 0 Å². The molecule has 1 aliphatic heterocycles. The lowest BCUT2D eigenvalue weighted by atomic mass is 9.89. The second-order valence-electron chi connectivity index (χ2n) is 9.07. The normalized spacial score (nSPS) is 18.1. The first-order chi connectivity index (χ1) is 17.8. The Bertz CT molecular complexity index is 1420. The maximum absolute atomic E-state index is 13.1. The fourth-order valence-corrected chi connectivity index (χ4v) is 4.52. The van der Waals surface area contributed by atoms with Crippen LogP contribution in [-0.4, -0.2) is 49.6 Å². The van der Waals surface area contributed by atoms with Crippen molar-refractivity contribution in [3.63, 3.8) is 0 Å². The fraction of sp³-hybridized carbons (Fsp3) is 0.320. The number of anilines is 3. The number of hydrogen-bond donors (Lipinski definition) is 4. The van der Waals surface area contributed by atoms with Crippen molar-refractivity contribution in [3.05, 3.63) is 54.7 Å². The Morgan fingerprint density at radius 3 is 2.86 bits per heavy atom. The molecule has 0 spiro atoms. The Morgan fingerprint density at radius 1 is 1.16 bits per heavy atom. The number of pyridine rings is 1. The average molecular weight is 511 g/mol. The minimum absolute atomic E-state index is 0.0304. The zero-order chi connectivity index (χ0) is 26.0. The van der Waals surface area contributed by atoms with Crippen LogP contribution in [0.5, 0.6) is 0 Å². The quantitative estimate of drug-likeness (QED) is 0.296. The summed E-state index contributed by atoms with van der Waals surface area (Å²) < 4.78 is 39.2. The van der Waals surface area contributed by atoms with E-state index in [1.54, 1.807) is 30.7 Å². The molecule has 3 aromatic heterocycles. The maximum atomic E-state index is 13.1. The van der Waals surface area contributed by atoms with Crippen molar-refractivity contribution in [2.75, 3.05) is 17.2 Å². The Balaban J connectivity index is 1.32. The summed E-state index contributed by atoms with van der Waals surface area (Å²) in [6.07, 6.45) is 0.794. The molecule has 4 heterocycles. The molecule has 9 nitrogen and oxygen atoms in total. The lowest BCUT2D eigenvalue weighted by Crippen LogP contribution is -2.48. The van der Waals surface area contributed by atoms with E-state index in [4.69, 9.17) is 0 Å². The summed E-state index contributed by atoms with van der Waals surface area (Å²) in [6, 6.07) is 7.49. The lowest BCUT2D eigenvalue weighted by molar-refractivity contribution is -0.164. The van der Waals surface area contributed by atoms with Gasteiger partial charge in [0.05, 0.1) is 6.33 Å². The van der Waals surface area contributed by atoms with Crippen molar-refractivity contribution in [1.82, 2.24) is 30.2 Å². The smallest absolute Gasteiger partial charge is 0.339 e. The SMILES string of the molecule is Cc1ccc(NC(=O)CC2CCNC(C(F)(F)F)C2)cc1Nc1ncccc1-c1ncnc2[nH]cnc12. The number of nitrogens with one attached hydrogen (secondary N) is 4. The predicted molar refractivity (Wildman–Crippen MR) is 133 cm³/mol. The molecule has 1 amide bonds. The third-order valence-corrected chi connectivity index (χ3v) is 6.44. The molecular formula is C25H25F3N8O. The van der Waals surface area contributed by atoms with E-state index < -0.39 is 12.2 Å². The topological polar surface area (TPSA) is 121 Å². The number of nitrogens with zero attached hydrogens (tertiary/aromatic N) is 4. The Kier molecular flexibility index (Phi) is 6.74. The largest absolute Gasteiger partial charge is 0.403 e. The molecule has 12 heteroatoms. The van der Waals surface area contributed by atoms with Gasteiger partial charge >= 0.3 is 6.18 Å². The Morgan fingerprint density at radius 2 is 2.03 bits per heavy atom. The van der Waals surface area contributed by atoms with Crippen LogP contribution < -0.4 is 16.0 Å². The van der Waals surface area contributed by atoms with Crippen molar-refractivity contribution in [2.45, 2.75) is 38.4 Å². The molecule has 192 valence electrons. The van der Waals surface area contributed by atoms with Crippen LogP contribution in [0, 0.1) is 12.8 Å². The van der Waals surface area contributed by atoms with E-state index >= 15 is 0 Å². The van der Waals surface area contributed by atoms with Gasteiger partial charge in [0.1, 0.15) is 29.4 Å². The predicted octanol–water partition coefficient (Wildman–Crippen LogP) is 4.73. The molecule has 0 saturated carbocycles. The number of carbonyl (C=O) groups excluding carboxylic acids is 1. The van der Waals surface area contributed by atoms with Crippen LogP contribution in [0.25, 0.3) is 22.4 Å². The monoisotopic (exact) mass is 510 g/mol. The number of hydrogen-bond acceptors (Lipinski definition) is 7. The van der Waals surface area contributed by atoms with E-state index in [-0.39, 0.29) is 31.2 Å². The highest BCUT2D eigenvalue weighted by atomic mass is 19.4. The first-order valence-corrected chi connectivity index (χ1v) is 11.8. The van der Waals surface area contributed by atoms with E-state index in [2.05, 4.69) is 40.9 Å². The second kappa shape index (κ2) is 10.1. The standard InChI is InChI=1S/C25H25F3N8O/c1-14-4-5-16(35-20(37)10-15-6-8-29-19(9-15)25(26,27)28)11-18(14)36-23-17(3-2-7-30-23)21-22-24(33-12-31-21)34-13-32-22/h2-5,7,11-13,15,19,29H,6,8-10H2,1H3,(H,30,36)(H,35,37)(H,31,32,33,34). The van der Waals surface area contributed by atoms with Crippen molar-refractivity contribution >= 4 is 34.3 Å². The van der Waals surface area contributed by atoms with E-state index in [9.17, 15) is 18.0 Å². The maximum Gasteiger partial charge on any atom is 0.403 e. The van der Waals surface area contributed by atoms with Gasteiger partial charge in [-0.25, -0.2) is 19.9 Å². The number of alkyl halides is 3. The van der Waals surface area contributed by atoms with Crippen LogP contribution in [0.15, 0.2) is 49.2 Å². The number of amides is 1. The molecule has 4 N–H and O–H groups in total. The molecule has 1 fully saturated rings. The first kappa shape index (κ1) is 24.6. The van der Waals surface area contributed by atoms with E-state index in [1.165, 1.54) is 6.33 Å². The molecule has 1 aliphatic rings. The number of aryl methyl sites for hydroxylation is 1. The molecule has 1 saturated heterocycles. The molecule has 4 aromatic rings. The number of piperidine rings is 1. The Labute approximate surface area is 210 Å². The van der Waals surface area contributed by atoms with Crippen LogP contribution >= 0.6 is 0 Å². The molecule has 37 heavy (non-hydrogen) atoms. The zero-order valence-corrected chi connectivity index (χ0v) is 19.9. The summed E-state index contributed by atoms with van der Waals surface area (Å²) in [6.45, 7) is 2.16. The summed E-state index contributed by atoms with van der Waals surface area (Å²) in [5, 5.41) is 8.64. The van der Waals surface area contributed by atoms with Gasteiger partial charge in [-0.05, 0) is 62.1 Å². The first-order valence-electron chi connectivity index (χ1n) is 11.8. The van der Waals surface area contributed by atoms with Gasteiger partial charge in [-0.1, -0.05) is 6.07 Å². The number of aromatic nitrogens is 5. The number of imidazole rings is 1. The van der Waals surface area contributed by atoms with E-state index in [0.29, 0.717) is 40.5 Å². The highest BCUT2D eigenvalue weighted by Crippen LogP contribution is 2.33. The van der Waals surface area contributed by atoms with Crippen molar-refractivity contribution in [2.24, 2.45) is 5.92 Å². The number of carbonyl (C=O) groups is 1. The zero-order valence-electron chi connectivity index (χ0n) is 19.9. The van der Waals surface area contributed by atoms with Gasteiger partial charge in [0.2, 0.25) is 5.91 Å². The third kappa shape index (κ3) is 5.53. The molecule has 0 radical (unpaired) electrons. The van der Waals surface area contributed by atoms with Gasteiger partial charge in [0.15, 0.2) is 5.65 Å². The fourth-order valence-electron chi connectivity index (χ4n) is 4.52. The summed E-state index contributed by atoms with van der Waals surface area (Å²) in [5.74, 6) is -0.105. The second-order valence-corrected chi connectivity index (χ2v) is 9.07. The molecule has 0 aliphatic carbocycles. The highest BCUT2D eigenvalue weighted by Gasteiger charge is 2.42. The lowest BCUT2D eigenvalue weighted by Gasteiger charge is -2.31. The summed E-state index contributed by atoms with van der Waals surface area (Å²) in [7, 11) is 0. The van der Waals surface area contributed by atoms with Crippen molar-refractivity contribution < 1.29 is 18.0 Å². The van der Waals surface area contributed by atoms with Crippen molar-refractivity contribution in [1.29, 1.82) is 0 Å². The summed E-state index contributed by atoms with van der Waals surface area (Å²) >= 11 is 0. The van der Waals surface area contributed by atoms with Gasteiger partial charge in [-0.3, -0.25) is 4.79 Å². The minimum Gasteiger partial charge on any atom is -0.339 e. The summed E-state index contributed by atoms with van der Waals surface area (Å²) in [4.78, 5) is 33.0. The van der Waals surface area contributed by atoms with Crippen LogP contribution in [-0.2, 0) is 4.79 Å². The van der Waals surface area contributed by atoms with Crippen LogP contribution in [0.1, 0.15) is 24.8 Å². The van der Waals surface area contributed by atoms with Crippen molar-refractivity contribution in [3.8, 4) is 11.3 Å². The van der Waals surface area contributed by atoms with Gasteiger partial charge in [-0.15, -0.1) is 0 Å². The van der Waals surface area contributed by atoms with Crippen LogP contribution in [0.4, 0.5) is 30.4 Å². The third-order valence-electron chi connectivity index (χ3n) is 6.44. The molecule has 2 atom stereocenters. The van der Waals surface area contributed by atoms with Gasteiger partial charge in [0, 0.05) is 29.6 Å². The number of rotatable bonds is 6. The average Bonchev–Trinajstić information content (AvgIpc) is 3.35. The molecule has 0 bridgehead atoms. The van der Waals surface area contributed by atoms with Crippen LogP contribution in [0.3, 0.4) is 0 Å². The summed E-state index contributed by atoms with van der Waals surface area (Å²) in [5.41, 5.74) is 4.72. The van der Waals surface area contributed by atoms with E-state index in [1.807, 2.05) is 19.1 Å². The number of fused-ring (bicyclic) bond motifs is 1. The Hall–Kier alpha value is -4.06. The molecule has 1 aromatic carbocycles. The van der Waals surface area contributed by atoms with E-state index in [0.717, 1.165) is 11.1 Å². The number of aromatic amines is 1. The minimum atomic E-state index is -4.31.